The van der Waals surface area contributed by atoms with Crippen molar-refractivity contribution in [1.82, 2.24) is 0 Å². The Kier molecular flexibility index (Phi) is 5.41. The Morgan fingerprint density at radius 1 is 1.16 bits per heavy atom. The molecule has 0 radical (unpaired) electrons. The van der Waals surface area contributed by atoms with Crippen LogP contribution < -0.4 is 4.74 Å². The maximum Gasteiger partial charge on any atom is 0.339 e. The van der Waals surface area contributed by atoms with Gasteiger partial charge in [0.15, 0.2) is 0 Å². The van der Waals surface area contributed by atoms with E-state index in [-0.39, 0.29) is 11.3 Å². The molecular formula is C21H26O4. The molecule has 1 atom stereocenters. The lowest BCUT2D eigenvalue weighted by Crippen LogP contribution is -2.13. The largest absolute Gasteiger partial charge is 0.507 e. The van der Waals surface area contributed by atoms with Gasteiger partial charge in [-0.05, 0) is 47.6 Å². The van der Waals surface area contributed by atoms with E-state index in [2.05, 4.69) is 19.9 Å². The molecule has 0 saturated carbocycles. The van der Waals surface area contributed by atoms with Gasteiger partial charge in [0.1, 0.15) is 22.8 Å². The minimum Gasteiger partial charge on any atom is -0.507 e. The summed E-state index contributed by atoms with van der Waals surface area (Å²) in [5, 5.41) is 19.7. The van der Waals surface area contributed by atoms with Crippen LogP contribution >= 0.6 is 0 Å². The third-order valence-electron chi connectivity index (χ3n) is 4.40. The zero-order chi connectivity index (χ0) is 18.8. The van der Waals surface area contributed by atoms with E-state index in [9.17, 15) is 15.0 Å². The van der Waals surface area contributed by atoms with E-state index in [1.165, 1.54) is 11.6 Å². The normalized spacial score (nSPS) is 12.7. The van der Waals surface area contributed by atoms with Gasteiger partial charge < -0.3 is 14.9 Å². The number of phenols is 1. The molecule has 0 saturated heterocycles. The van der Waals surface area contributed by atoms with Crippen LogP contribution in [0.2, 0.25) is 0 Å². The van der Waals surface area contributed by atoms with Gasteiger partial charge in [-0.3, -0.25) is 0 Å². The number of carboxylic acids is 1. The average molecular weight is 342 g/mol. The SMILES string of the molecule is CCC(C)c1cccc(Oc2cc(C(=O)O)c(O)c(C(C)(C)C)c2)c1. The molecule has 0 fully saturated rings. The number of hydrogen-bond donors (Lipinski definition) is 2. The fraction of sp³-hybridized carbons (Fsp3) is 0.381. The van der Waals surface area contributed by atoms with Crippen LogP contribution in [-0.2, 0) is 5.41 Å². The Labute approximate surface area is 149 Å². The fourth-order valence-corrected chi connectivity index (χ4v) is 2.66. The summed E-state index contributed by atoms with van der Waals surface area (Å²) in [6.45, 7) is 10.0. The lowest BCUT2D eigenvalue weighted by molar-refractivity contribution is 0.0693. The number of benzene rings is 2. The molecule has 2 N–H and O–H groups in total. The van der Waals surface area contributed by atoms with Crippen molar-refractivity contribution >= 4 is 5.97 Å². The van der Waals surface area contributed by atoms with Crippen LogP contribution in [-0.4, -0.2) is 16.2 Å². The Bertz CT molecular complexity index is 772. The van der Waals surface area contributed by atoms with Crippen LogP contribution in [0.4, 0.5) is 0 Å². The molecule has 0 aliphatic carbocycles. The molecule has 0 heterocycles. The first-order chi connectivity index (χ1) is 11.6. The van der Waals surface area contributed by atoms with Gasteiger partial charge in [-0.15, -0.1) is 0 Å². The predicted octanol–water partition coefficient (Wildman–Crippen LogP) is 5.69. The van der Waals surface area contributed by atoms with Crippen molar-refractivity contribution in [2.45, 2.75) is 52.4 Å². The van der Waals surface area contributed by atoms with Crippen molar-refractivity contribution in [2.24, 2.45) is 0 Å². The molecule has 0 amide bonds. The summed E-state index contributed by atoms with van der Waals surface area (Å²) < 4.78 is 5.92. The molecule has 2 aromatic rings. The van der Waals surface area contributed by atoms with E-state index in [0.29, 0.717) is 23.0 Å². The van der Waals surface area contributed by atoms with Crippen molar-refractivity contribution < 1.29 is 19.7 Å². The van der Waals surface area contributed by atoms with Crippen molar-refractivity contribution in [3.63, 3.8) is 0 Å². The summed E-state index contributed by atoms with van der Waals surface area (Å²) in [5.74, 6) is 0.0895. The van der Waals surface area contributed by atoms with Gasteiger partial charge in [-0.1, -0.05) is 46.8 Å². The van der Waals surface area contributed by atoms with Crippen molar-refractivity contribution in [1.29, 1.82) is 0 Å². The summed E-state index contributed by atoms with van der Waals surface area (Å²) in [5.41, 5.74) is 1.15. The molecule has 2 rings (SSSR count). The van der Waals surface area contributed by atoms with Gasteiger partial charge in [0.2, 0.25) is 0 Å². The Morgan fingerprint density at radius 2 is 1.84 bits per heavy atom. The van der Waals surface area contributed by atoms with E-state index < -0.39 is 11.4 Å². The van der Waals surface area contributed by atoms with Gasteiger partial charge in [0.25, 0.3) is 0 Å². The second-order valence-corrected chi connectivity index (χ2v) is 7.41. The first-order valence-corrected chi connectivity index (χ1v) is 8.52. The van der Waals surface area contributed by atoms with Gasteiger partial charge in [-0.25, -0.2) is 4.79 Å². The molecule has 0 bridgehead atoms. The standard InChI is InChI=1S/C21H26O4/c1-6-13(2)14-8-7-9-15(10-14)25-16-11-17(20(23)24)19(22)18(12-16)21(3,4)5/h7-13,22H,6H2,1-5H3,(H,23,24). The van der Waals surface area contributed by atoms with E-state index in [1.54, 1.807) is 6.07 Å². The molecule has 0 aliphatic rings. The number of aromatic carboxylic acids is 1. The lowest BCUT2D eigenvalue weighted by Gasteiger charge is -2.22. The van der Waals surface area contributed by atoms with Gasteiger partial charge in [-0.2, -0.15) is 0 Å². The topological polar surface area (TPSA) is 66.8 Å². The predicted molar refractivity (Wildman–Crippen MR) is 99.0 cm³/mol. The summed E-state index contributed by atoms with van der Waals surface area (Å²) >= 11 is 0. The molecule has 25 heavy (non-hydrogen) atoms. The van der Waals surface area contributed by atoms with E-state index in [4.69, 9.17) is 4.74 Å². The molecule has 0 aromatic heterocycles. The van der Waals surface area contributed by atoms with Gasteiger partial charge in [0.05, 0.1) is 0 Å². The van der Waals surface area contributed by atoms with Crippen molar-refractivity contribution in [2.75, 3.05) is 0 Å². The van der Waals surface area contributed by atoms with E-state index >= 15 is 0 Å². The van der Waals surface area contributed by atoms with Crippen LogP contribution in [0, 0.1) is 0 Å². The number of rotatable bonds is 5. The maximum atomic E-state index is 11.5. The molecule has 134 valence electrons. The molecule has 2 aromatic carbocycles. The minimum atomic E-state index is -1.18. The van der Waals surface area contributed by atoms with Crippen molar-refractivity contribution in [3.05, 3.63) is 53.1 Å². The van der Waals surface area contributed by atoms with Crippen molar-refractivity contribution in [3.8, 4) is 17.2 Å². The summed E-state index contributed by atoms with van der Waals surface area (Å²) in [6, 6.07) is 10.9. The van der Waals surface area contributed by atoms with Gasteiger partial charge in [0, 0.05) is 5.56 Å². The maximum absolute atomic E-state index is 11.5. The van der Waals surface area contributed by atoms with E-state index in [0.717, 1.165) is 6.42 Å². The zero-order valence-corrected chi connectivity index (χ0v) is 15.5. The third-order valence-corrected chi connectivity index (χ3v) is 4.40. The van der Waals surface area contributed by atoms with Crippen LogP contribution in [0.3, 0.4) is 0 Å². The van der Waals surface area contributed by atoms with Gasteiger partial charge >= 0.3 is 5.97 Å². The third kappa shape index (κ3) is 4.32. The first kappa shape index (κ1) is 18.8. The summed E-state index contributed by atoms with van der Waals surface area (Å²) in [7, 11) is 0. The van der Waals surface area contributed by atoms with Crippen LogP contribution in [0.5, 0.6) is 17.2 Å². The smallest absolute Gasteiger partial charge is 0.339 e. The number of carbonyl (C=O) groups is 1. The molecule has 0 aliphatic heterocycles. The Balaban J connectivity index is 2.46. The second-order valence-electron chi connectivity index (χ2n) is 7.41. The van der Waals surface area contributed by atoms with E-state index in [1.807, 2.05) is 39.0 Å². The highest BCUT2D eigenvalue weighted by Crippen LogP contribution is 2.38. The highest BCUT2D eigenvalue weighted by atomic mass is 16.5. The highest BCUT2D eigenvalue weighted by Gasteiger charge is 2.24. The van der Waals surface area contributed by atoms with Crippen LogP contribution in [0.15, 0.2) is 36.4 Å². The van der Waals surface area contributed by atoms with Crippen LogP contribution in [0.25, 0.3) is 0 Å². The quantitative estimate of drug-likeness (QED) is 0.732. The summed E-state index contributed by atoms with van der Waals surface area (Å²) in [4.78, 5) is 11.5. The molecule has 1 unspecified atom stereocenters. The average Bonchev–Trinajstić information content (AvgIpc) is 2.54. The Hall–Kier alpha value is -2.49. The zero-order valence-electron chi connectivity index (χ0n) is 15.5. The lowest BCUT2D eigenvalue weighted by atomic mass is 9.85. The first-order valence-electron chi connectivity index (χ1n) is 8.52. The number of hydrogen-bond acceptors (Lipinski definition) is 3. The monoisotopic (exact) mass is 342 g/mol. The highest BCUT2D eigenvalue weighted by molar-refractivity contribution is 5.92. The second kappa shape index (κ2) is 7.18. The van der Waals surface area contributed by atoms with Crippen LogP contribution in [0.1, 0.15) is 68.4 Å². The number of carboxylic acid groups (broad SMARTS) is 1. The molecule has 4 nitrogen and oxygen atoms in total. The number of ether oxygens (including phenoxy) is 1. The fourth-order valence-electron chi connectivity index (χ4n) is 2.66. The minimum absolute atomic E-state index is 0.152. The molecule has 0 spiro atoms. The molecule has 4 heteroatoms. The summed E-state index contributed by atoms with van der Waals surface area (Å²) in [6.07, 6.45) is 1.03. The Morgan fingerprint density at radius 3 is 2.40 bits per heavy atom. The number of aromatic hydroxyl groups is 1. The molecular weight excluding hydrogens is 316 g/mol.